The predicted molar refractivity (Wildman–Crippen MR) is 67.7 cm³/mol. The smallest absolute Gasteiger partial charge is 0.356 e. The van der Waals surface area contributed by atoms with Crippen LogP contribution in [0.5, 0.6) is 0 Å². The Morgan fingerprint density at radius 2 is 1.95 bits per heavy atom. The topological polar surface area (TPSA) is 78.7 Å². The number of aryl methyl sites for hydroxylation is 1. The van der Waals surface area contributed by atoms with Crippen LogP contribution in [0.3, 0.4) is 0 Å². The molecule has 7 heteroatoms. The van der Waals surface area contributed by atoms with Gasteiger partial charge in [-0.05, 0) is 0 Å². The minimum Gasteiger partial charge on any atom is -0.476 e. The van der Waals surface area contributed by atoms with Crippen LogP contribution >= 0.6 is 0 Å². The summed E-state index contributed by atoms with van der Waals surface area (Å²) in [6.07, 6.45) is 1.74. The van der Waals surface area contributed by atoms with Crippen LogP contribution in [0, 0.1) is 0 Å². The number of carbonyl (C=O) groups excluding carboxylic acids is 1. The molecule has 0 spiro atoms. The summed E-state index contributed by atoms with van der Waals surface area (Å²) in [4.78, 5) is 26.2. The van der Waals surface area contributed by atoms with Crippen molar-refractivity contribution in [2.75, 3.05) is 26.2 Å². The van der Waals surface area contributed by atoms with Crippen molar-refractivity contribution in [3.05, 3.63) is 17.5 Å². The second-order valence-electron chi connectivity index (χ2n) is 4.76. The summed E-state index contributed by atoms with van der Waals surface area (Å²) in [5, 5.41) is 13.0. The molecule has 1 fully saturated rings. The second kappa shape index (κ2) is 5.40. The number of carboxylic acid groups (broad SMARTS) is 1. The third kappa shape index (κ3) is 3.11. The average Bonchev–Trinajstić information content (AvgIpc) is 2.71. The summed E-state index contributed by atoms with van der Waals surface area (Å²) in [5.41, 5.74) is 0.822. The van der Waals surface area contributed by atoms with E-state index in [1.807, 2.05) is 0 Å². The minimum atomic E-state index is -1.00. The zero-order valence-corrected chi connectivity index (χ0v) is 11.2. The molecule has 1 aliphatic heterocycles. The Morgan fingerprint density at radius 1 is 1.32 bits per heavy atom. The van der Waals surface area contributed by atoms with Gasteiger partial charge in [-0.2, -0.15) is 5.10 Å². The van der Waals surface area contributed by atoms with Gasteiger partial charge in [0.05, 0.1) is 0 Å². The van der Waals surface area contributed by atoms with E-state index in [1.165, 1.54) is 4.68 Å². The highest BCUT2D eigenvalue weighted by molar-refractivity contribution is 5.86. The molecule has 0 aliphatic carbocycles. The van der Waals surface area contributed by atoms with Gasteiger partial charge < -0.3 is 10.0 Å². The molecule has 0 radical (unpaired) electrons. The Bertz CT molecular complexity index is 489. The number of piperazine rings is 1. The Hall–Kier alpha value is -1.89. The molecule has 1 saturated heterocycles. The number of aromatic nitrogens is 2. The van der Waals surface area contributed by atoms with Crippen molar-refractivity contribution in [2.24, 2.45) is 7.05 Å². The van der Waals surface area contributed by atoms with Crippen molar-refractivity contribution < 1.29 is 14.7 Å². The Kier molecular flexibility index (Phi) is 3.84. The molecule has 7 nitrogen and oxygen atoms in total. The van der Waals surface area contributed by atoms with Crippen molar-refractivity contribution in [2.45, 2.75) is 13.5 Å². The van der Waals surface area contributed by atoms with Gasteiger partial charge in [0.1, 0.15) is 0 Å². The summed E-state index contributed by atoms with van der Waals surface area (Å²) in [7, 11) is 1.71. The normalized spacial score (nSPS) is 16.6. The number of nitrogens with zero attached hydrogens (tertiary/aromatic N) is 4. The maximum Gasteiger partial charge on any atom is 0.356 e. The molecule has 0 aromatic carbocycles. The lowest BCUT2D eigenvalue weighted by Crippen LogP contribution is -2.47. The van der Waals surface area contributed by atoms with Crippen LogP contribution in [0.1, 0.15) is 23.0 Å². The molecular weight excluding hydrogens is 248 g/mol. The highest BCUT2D eigenvalue weighted by Crippen LogP contribution is 2.12. The molecule has 104 valence electrons. The predicted octanol–water partition coefficient (Wildman–Crippen LogP) is -0.218. The number of amides is 1. The van der Waals surface area contributed by atoms with Gasteiger partial charge in [0.2, 0.25) is 5.91 Å². The number of carboxylic acids is 1. The largest absolute Gasteiger partial charge is 0.476 e. The van der Waals surface area contributed by atoms with Crippen LogP contribution in [0.25, 0.3) is 0 Å². The van der Waals surface area contributed by atoms with Gasteiger partial charge in [0.15, 0.2) is 5.69 Å². The molecule has 1 N–H and O–H groups in total. The van der Waals surface area contributed by atoms with Crippen LogP contribution in [0.4, 0.5) is 0 Å². The van der Waals surface area contributed by atoms with Crippen LogP contribution < -0.4 is 0 Å². The van der Waals surface area contributed by atoms with Crippen LogP contribution in [-0.2, 0) is 18.4 Å². The van der Waals surface area contributed by atoms with E-state index in [0.29, 0.717) is 25.2 Å². The van der Waals surface area contributed by atoms with E-state index in [0.717, 1.165) is 13.1 Å². The van der Waals surface area contributed by atoms with Crippen molar-refractivity contribution in [3.8, 4) is 0 Å². The van der Waals surface area contributed by atoms with Gasteiger partial charge in [0, 0.05) is 58.5 Å². The highest BCUT2D eigenvalue weighted by atomic mass is 16.4. The second-order valence-corrected chi connectivity index (χ2v) is 4.76. The van der Waals surface area contributed by atoms with E-state index < -0.39 is 5.97 Å². The molecule has 1 aliphatic rings. The first-order valence-corrected chi connectivity index (χ1v) is 6.21. The van der Waals surface area contributed by atoms with Crippen molar-refractivity contribution >= 4 is 11.9 Å². The maximum absolute atomic E-state index is 11.2. The number of rotatable bonds is 3. The average molecular weight is 266 g/mol. The third-order valence-electron chi connectivity index (χ3n) is 3.32. The number of carbonyl (C=O) groups is 2. The zero-order valence-electron chi connectivity index (χ0n) is 11.2. The van der Waals surface area contributed by atoms with Gasteiger partial charge in [-0.1, -0.05) is 0 Å². The standard InChI is InChI=1S/C12H18N4O3/c1-9(17)16-5-3-15(4-6-16)8-10-7-14(2)13-11(10)12(18)19/h7H,3-6,8H2,1-2H3,(H,18,19). The number of aromatic carboxylic acids is 1. The molecule has 0 unspecified atom stereocenters. The Morgan fingerprint density at radius 3 is 2.47 bits per heavy atom. The maximum atomic E-state index is 11.2. The molecular formula is C12H18N4O3. The van der Waals surface area contributed by atoms with Crippen molar-refractivity contribution in [1.29, 1.82) is 0 Å². The Labute approximate surface area is 111 Å². The lowest BCUT2D eigenvalue weighted by Gasteiger charge is -2.33. The lowest BCUT2D eigenvalue weighted by molar-refractivity contribution is -0.130. The molecule has 0 bridgehead atoms. The highest BCUT2D eigenvalue weighted by Gasteiger charge is 2.22. The lowest BCUT2D eigenvalue weighted by atomic mass is 10.2. The molecule has 1 aromatic rings. The van der Waals surface area contributed by atoms with Gasteiger partial charge >= 0.3 is 5.97 Å². The molecule has 2 heterocycles. The van der Waals surface area contributed by atoms with E-state index in [4.69, 9.17) is 5.11 Å². The molecule has 2 rings (SSSR count). The summed E-state index contributed by atoms with van der Waals surface area (Å²) in [5.74, 6) is -0.912. The number of hydrogen-bond donors (Lipinski definition) is 1. The van der Waals surface area contributed by atoms with Crippen molar-refractivity contribution in [1.82, 2.24) is 19.6 Å². The first-order chi connectivity index (χ1) is 8.97. The van der Waals surface area contributed by atoms with Gasteiger partial charge in [0.25, 0.3) is 0 Å². The fourth-order valence-electron chi connectivity index (χ4n) is 2.30. The van der Waals surface area contributed by atoms with E-state index in [-0.39, 0.29) is 11.6 Å². The first kappa shape index (κ1) is 13.5. The summed E-state index contributed by atoms with van der Waals surface area (Å²) < 4.78 is 1.52. The Balaban J connectivity index is 1.99. The monoisotopic (exact) mass is 266 g/mol. The molecule has 1 amide bonds. The van der Waals surface area contributed by atoms with Gasteiger partial charge in [-0.15, -0.1) is 0 Å². The van der Waals surface area contributed by atoms with Crippen LogP contribution in [-0.4, -0.2) is 62.7 Å². The molecule has 19 heavy (non-hydrogen) atoms. The van der Waals surface area contributed by atoms with Crippen molar-refractivity contribution in [3.63, 3.8) is 0 Å². The fraction of sp³-hybridized carbons (Fsp3) is 0.583. The minimum absolute atomic E-state index is 0.0900. The molecule has 0 atom stereocenters. The number of hydrogen-bond acceptors (Lipinski definition) is 4. The van der Waals surface area contributed by atoms with E-state index in [2.05, 4.69) is 10.00 Å². The quantitative estimate of drug-likeness (QED) is 0.818. The molecule has 1 aromatic heterocycles. The van der Waals surface area contributed by atoms with Gasteiger partial charge in [-0.3, -0.25) is 14.4 Å². The van der Waals surface area contributed by atoms with Crippen LogP contribution in [0.15, 0.2) is 6.20 Å². The van der Waals surface area contributed by atoms with E-state index >= 15 is 0 Å². The summed E-state index contributed by atoms with van der Waals surface area (Å²) in [6, 6.07) is 0. The van der Waals surface area contributed by atoms with Crippen LogP contribution in [0.2, 0.25) is 0 Å². The third-order valence-corrected chi connectivity index (χ3v) is 3.32. The first-order valence-electron chi connectivity index (χ1n) is 6.21. The summed E-state index contributed by atoms with van der Waals surface area (Å²) in [6.45, 7) is 5.03. The summed E-state index contributed by atoms with van der Waals surface area (Å²) >= 11 is 0. The van der Waals surface area contributed by atoms with E-state index in [9.17, 15) is 9.59 Å². The SMILES string of the molecule is CC(=O)N1CCN(Cc2cn(C)nc2C(=O)O)CC1. The fourth-order valence-corrected chi connectivity index (χ4v) is 2.30. The van der Waals surface area contributed by atoms with Gasteiger partial charge in [-0.25, -0.2) is 4.79 Å². The molecule has 0 saturated carbocycles. The van der Waals surface area contributed by atoms with E-state index in [1.54, 1.807) is 25.1 Å². The zero-order chi connectivity index (χ0) is 14.0.